The summed E-state index contributed by atoms with van der Waals surface area (Å²) in [4.78, 5) is 0. The molecule has 1 aliphatic carbocycles. The van der Waals surface area contributed by atoms with Crippen molar-refractivity contribution in [2.24, 2.45) is 0 Å². The third-order valence-electron chi connectivity index (χ3n) is 3.11. The van der Waals surface area contributed by atoms with Crippen molar-refractivity contribution < 1.29 is 12.4 Å². The van der Waals surface area contributed by atoms with Gasteiger partial charge in [-0.1, -0.05) is 6.07 Å². The second-order valence-electron chi connectivity index (χ2n) is 5.17. The van der Waals surface area contributed by atoms with Crippen LogP contribution in [0.25, 0.3) is 0 Å². The predicted octanol–water partition coefficient (Wildman–Crippen LogP) is -0.234. The quantitative estimate of drug-likeness (QED) is 0.580. The van der Waals surface area contributed by atoms with Gasteiger partial charge in [-0.15, -0.1) is 0 Å². The first-order valence-corrected chi connectivity index (χ1v) is 5.51. The van der Waals surface area contributed by atoms with Gasteiger partial charge < -0.3 is 12.4 Å². The van der Waals surface area contributed by atoms with E-state index >= 15 is 0 Å². The molecule has 0 atom stereocenters. The highest BCUT2D eigenvalue weighted by molar-refractivity contribution is 5.48. The van der Waals surface area contributed by atoms with E-state index in [-0.39, 0.29) is 12.4 Å². The van der Waals surface area contributed by atoms with Crippen LogP contribution in [0.1, 0.15) is 24.0 Å². The largest absolute Gasteiger partial charge is 1.00 e. The fourth-order valence-corrected chi connectivity index (χ4v) is 2.14. The van der Waals surface area contributed by atoms with Gasteiger partial charge in [0.2, 0.25) is 0 Å². The maximum absolute atomic E-state index is 2.40. The summed E-state index contributed by atoms with van der Waals surface area (Å²) < 4.78 is 0.924. The van der Waals surface area contributed by atoms with E-state index in [0.29, 0.717) is 0 Å². The van der Waals surface area contributed by atoms with Crippen LogP contribution in [0, 0.1) is 0 Å². The monoisotopic (exact) mass is 225 g/mol. The Morgan fingerprint density at radius 1 is 0.933 bits per heavy atom. The summed E-state index contributed by atoms with van der Waals surface area (Å²) in [6, 6.07) is 7.01. The van der Waals surface area contributed by atoms with E-state index in [9.17, 15) is 0 Å². The van der Waals surface area contributed by atoms with Crippen molar-refractivity contribution in [2.45, 2.75) is 25.7 Å². The lowest BCUT2D eigenvalue weighted by molar-refractivity contribution is -0.00000318. The Balaban J connectivity index is 0.00000112. The van der Waals surface area contributed by atoms with Crippen molar-refractivity contribution in [2.75, 3.05) is 21.1 Å². The van der Waals surface area contributed by atoms with Crippen molar-refractivity contribution in [3.63, 3.8) is 0 Å². The minimum atomic E-state index is 0. The molecule has 0 saturated heterocycles. The maximum Gasteiger partial charge on any atom is 0.132 e. The standard InChI is InChI=1S/C13H20N.ClH/c1-14(2,3)13-9-8-11-6-4-5-7-12(11)10-13;/h8-10H,4-7H2,1-3H3;1H/q+1;/p-1. The third kappa shape index (κ3) is 2.73. The van der Waals surface area contributed by atoms with Crippen LogP contribution in [0.4, 0.5) is 5.69 Å². The molecule has 0 saturated carbocycles. The molecule has 0 aliphatic heterocycles. The molecule has 0 unspecified atom stereocenters. The molecule has 1 aromatic carbocycles. The lowest BCUT2D eigenvalue weighted by Gasteiger charge is -2.25. The van der Waals surface area contributed by atoms with Crippen LogP contribution >= 0.6 is 0 Å². The molecule has 84 valence electrons. The predicted molar refractivity (Wildman–Crippen MR) is 62.7 cm³/mol. The molecule has 0 fully saturated rings. The molecule has 0 amide bonds. The van der Waals surface area contributed by atoms with Crippen LogP contribution < -0.4 is 16.9 Å². The summed E-state index contributed by atoms with van der Waals surface area (Å²) >= 11 is 0. The van der Waals surface area contributed by atoms with Gasteiger partial charge in [0, 0.05) is 6.07 Å². The van der Waals surface area contributed by atoms with E-state index in [1.54, 1.807) is 11.1 Å². The highest BCUT2D eigenvalue weighted by Gasteiger charge is 2.16. The van der Waals surface area contributed by atoms with Crippen LogP contribution in [0.2, 0.25) is 0 Å². The van der Waals surface area contributed by atoms with E-state index in [2.05, 4.69) is 39.3 Å². The number of quaternary nitrogens is 1. The van der Waals surface area contributed by atoms with Crippen LogP contribution in [0.15, 0.2) is 18.2 Å². The molecular formula is C13H20ClN. The first-order valence-electron chi connectivity index (χ1n) is 5.51. The zero-order valence-electron chi connectivity index (χ0n) is 9.89. The highest BCUT2D eigenvalue weighted by atomic mass is 35.5. The molecule has 0 aromatic heterocycles. The summed E-state index contributed by atoms with van der Waals surface area (Å²) in [6.07, 6.45) is 5.31. The lowest BCUT2D eigenvalue weighted by Crippen LogP contribution is -3.00. The van der Waals surface area contributed by atoms with E-state index in [1.807, 2.05) is 0 Å². The van der Waals surface area contributed by atoms with E-state index in [4.69, 9.17) is 0 Å². The number of benzene rings is 1. The smallest absolute Gasteiger partial charge is 0.132 e. The molecule has 2 heteroatoms. The molecule has 1 nitrogen and oxygen atoms in total. The molecule has 2 rings (SSSR count). The van der Waals surface area contributed by atoms with Crippen molar-refractivity contribution in [1.29, 1.82) is 0 Å². The van der Waals surface area contributed by atoms with Crippen molar-refractivity contribution >= 4 is 5.69 Å². The molecule has 0 heterocycles. The second-order valence-corrected chi connectivity index (χ2v) is 5.17. The Bertz CT molecular complexity index is 339. The van der Waals surface area contributed by atoms with Gasteiger partial charge in [0.1, 0.15) is 5.69 Å². The first kappa shape index (κ1) is 12.5. The molecule has 1 aliphatic rings. The molecule has 0 bridgehead atoms. The highest BCUT2D eigenvalue weighted by Crippen LogP contribution is 2.26. The summed E-state index contributed by atoms with van der Waals surface area (Å²) in [5.41, 5.74) is 4.58. The maximum atomic E-state index is 2.40. The number of hydrogen-bond donors (Lipinski definition) is 0. The lowest BCUT2D eigenvalue weighted by atomic mass is 9.91. The fourth-order valence-electron chi connectivity index (χ4n) is 2.14. The zero-order valence-corrected chi connectivity index (χ0v) is 10.6. The molecule has 15 heavy (non-hydrogen) atoms. The van der Waals surface area contributed by atoms with Crippen LogP contribution in [0.3, 0.4) is 0 Å². The Kier molecular flexibility index (Phi) is 3.80. The van der Waals surface area contributed by atoms with Gasteiger partial charge in [0.25, 0.3) is 0 Å². The Morgan fingerprint density at radius 3 is 2.13 bits per heavy atom. The molecule has 0 radical (unpaired) electrons. The summed E-state index contributed by atoms with van der Waals surface area (Å²) in [6.45, 7) is 0. The SMILES string of the molecule is C[N+](C)(C)c1ccc2c(c1)CCCC2.[Cl-]. The third-order valence-corrected chi connectivity index (χ3v) is 3.11. The summed E-state index contributed by atoms with van der Waals surface area (Å²) in [5, 5.41) is 0. The van der Waals surface area contributed by atoms with E-state index in [1.165, 1.54) is 31.4 Å². The Morgan fingerprint density at radius 2 is 1.53 bits per heavy atom. The summed E-state index contributed by atoms with van der Waals surface area (Å²) in [7, 11) is 6.68. The van der Waals surface area contributed by atoms with Gasteiger partial charge in [-0.2, -0.15) is 0 Å². The molecule has 0 N–H and O–H groups in total. The van der Waals surface area contributed by atoms with E-state index in [0.717, 1.165) is 4.48 Å². The van der Waals surface area contributed by atoms with Gasteiger partial charge in [-0.25, -0.2) is 0 Å². The van der Waals surface area contributed by atoms with Gasteiger partial charge in [-0.3, -0.25) is 4.48 Å². The average Bonchev–Trinajstić information content (AvgIpc) is 2.16. The van der Waals surface area contributed by atoms with Crippen LogP contribution in [0.5, 0.6) is 0 Å². The first-order chi connectivity index (χ1) is 6.57. The van der Waals surface area contributed by atoms with Crippen molar-refractivity contribution in [3.05, 3.63) is 29.3 Å². The van der Waals surface area contributed by atoms with Crippen molar-refractivity contribution in [1.82, 2.24) is 4.48 Å². The fraction of sp³-hybridized carbons (Fsp3) is 0.538. The van der Waals surface area contributed by atoms with Crippen molar-refractivity contribution in [3.8, 4) is 0 Å². The minimum Gasteiger partial charge on any atom is -1.00 e. The molecule has 0 spiro atoms. The molecular weight excluding hydrogens is 206 g/mol. The number of rotatable bonds is 1. The van der Waals surface area contributed by atoms with Gasteiger partial charge in [-0.05, 0) is 42.9 Å². The average molecular weight is 226 g/mol. The Labute approximate surface area is 99.1 Å². The summed E-state index contributed by atoms with van der Waals surface area (Å²) in [5.74, 6) is 0. The van der Waals surface area contributed by atoms with Crippen LogP contribution in [-0.2, 0) is 12.8 Å². The number of aryl methyl sites for hydroxylation is 2. The van der Waals surface area contributed by atoms with Gasteiger partial charge in [0.15, 0.2) is 0 Å². The van der Waals surface area contributed by atoms with Gasteiger partial charge in [0.05, 0.1) is 21.1 Å². The Hall–Kier alpha value is -0.530. The number of hydrogen-bond acceptors (Lipinski definition) is 0. The van der Waals surface area contributed by atoms with Crippen LogP contribution in [-0.4, -0.2) is 21.1 Å². The number of fused-ring (bicyclic) bond motifs is 1. The molecule has 1 aromatic rings. The topological polar surface area (TPSA) is 0 Å². The van der Waals surface area contributed by atoms with E-state index < -0.39 is 0 Å². The number of halogens is 1. The normalized spacial score (nSPS) is 15.4. The minimum absolute atomic E-state index is 0. The second kappa shape index (κ2) is 4.54. The zero-order chi connectivity index (χ0) is 10.2. The van der Waals surface area contributed by atoms with Gasteiger partial charge >= 0.3 is 0 Å². The number of nitrogens with zero attached hydrogens (tertiary/aromatic N) is 1.